The van der Waals surface area contributed by atoms with Gasteiger partial charge in [-0.15, -0.1) is 12.4 Å². The molecule has 1 rings (SSSR count). The van der Waals surface area contributed by atoms with Gasteiger partial charge in [-0.3, -0.25) is 4.79 Å². The largest absolute Gasteiger partial charge is 0.493 e. The molecule has 0 aliphatic heterocycles. The van der Waals surface area contributed by atoms with Gasteiger partial charge in [0.15, 0.2) is 11.5 Å². The predicted octanol–water partition coefficient (Wildman–Crippen LogP) is 1.40. The van der Waals surface area contributed by atoms with Crippen molar-refractivity contribution in [1.29, 1.82) is 0 Å². The highest BCUT2D eigenvalue weighted by Gasteiger charge is 2.13. The van der Waals surface area contributed by atoms with E-state index in [9.17, 15) is 4.79 Å². The van der Waals surface area contributed by atoms with Gasteiger partial charge in [-0.05, 0) is 24.6 Å². The topological polar surface area (TPSA) is 68.8 Å². The number of nitrogens with one attached hydrogen (secondary N) is 2. The molecule has 1 aromatic carbocycles. The molecule has 22 heavy (non-hydrogen) atoms. The van der Waals surface area contributed by atoms with Crippen molar-refractivity contribution < 1.29 is 19.0 Å². The van der Waals surface area contributed by atoms with Gasteiger partial charge in [0.1, 0.15) is 0 Å². The molecule has 1 aromatic rings. The summed E-state index contributed by atoms with van der Waals surface area (Å²) in [6.45, 7) is 4.54. The van der Waals surface area contributed by atoms with E-state index in [0.29, 0.717) is 36.8 Å². The van der Waals surface area contributed by atoms with Gasteiger partial charge < -0.3 is 24.8 Å². The summed E-state index contributed by atoms with van der Waals surface area (Å²) < 4.78 is 15.4. The lowest BCUT2D eigenvalue weighted by molar-refractivity contribution is 0.0952. The fraction of sp³-hybridized carbons (Fsp3) is 0.533. The van der Waals surface area contributed by atoms with E-state index in [0.717, 1.165) is 12.1 Å². The first kappa shape index (κ1) is 20.5. The van der Waals surface area contributed by atoms with Crippen LogP contribution in [0.15, 0.2) is 12.1 Å². The average Bonchev–Trinajstić information content (AvgIpc) is 2.50. The molecule has 6 nitrogen and oxygen atoms in total. The van der Waals surface area contributed by atoms with Crippen LogP contribution in [-0.4, -0.2) is 53.5 Å². The molecule has 2 N–H and O–H groups in total. The smallest absolute Gasteiger partial charge is 0.251 e. The number of hydrogen-bond donors (Lipinski definition) is 2. The molecule has 0 atom stereocenters. The van der Waals surface area contributed by atoms with Crippen LogP contribution in [0.1, 0.15) is 15.9 Å². The Bertz CT molecular complexity index is 469. The summed E-state index contributed by atoms with van der Waals surface area (Å²) >= 11 is 0. The van der Waals surface area contributed by atoms with Crippen LogP contribution < -0.4 is 20.1 Å². The molecule has 0 aliphatic rings. The fourth-order valence-corrected chi connectivity index (χ4v) is 1.88. The van der Waals surface area contributed by atoms with Gasteiger partial charge in [-0.25, -0.2) is 0 Å². The predicted molar refractivity (Wildman–Crippen MR) is 88.6 cm³/mol. The Morgan fingerprint density at radius 3 is 2.27 bits per heavy atom. The van der Waals surface area contributed by atoms with Crippen molar-refractivity contribution in [3.63, 3.8) is 0 Å². The number of benzene rings is 1. The second kappa shape index (κ2) is 11.1. The van der Waals surface area contributed by atoms with Crippen molar-refractivity contribution in [2.24, 2.45) is 0 Å². The molecular weight excluding hydrogens is 308 g/mol. The van der Waals surface area contributed by atoms with Crippen molar-refractivity contribution in [1.82, 2.24) is 10.6 Å². The van der Waals surface area contributed by atoms with E-state index >= 15 is 0 Å². The molecule has 0 saturated carbocycles. The number of methoxy groups -OCH3 is 3. The highest BCUT2D eigenvalue weighted by molar-refractivity contribution is 5.96. The molecule has 0 unspecified atom stereocenters. The number of carbonyl (C=O) groups excluding carboxylic acids is 1. The van der Waals surface area contributed by atoms with Gasteiger partial charge in [0, 0.05) is 32.3 Å². The minimum absolute atomic E-state index is 0. The molecule has 0 radical (unpaired) electrons. The lowest BCUT2D eigenvalue weighted by atomic mass is 10.1. The second-order valence-corrected chi connectivity index (χ2v) is 4.52. The minimum atomic E-state index is -0.123. The van der Waals surface area contributed by atoms with Gasteiger partial charge in [0.25, 0.3) is 5.91 Å². The number of amides is 1. The van der Waals surface area contributed by atoms with E-state index in [1.165, 1.54) is 0 Å². The van der Waals surface area contributed by atoms with Crippen molar-refractivity contribution in [2.45, 2.75) is 6.92 Å². The zero-order valence-corrected chi connectivity index (χ0v) is 14.3. The third-order valence-corrected chi connectivity index (χ3v) is 3.05. The fourth-order valence-electron chi connectivity index (χ4n) is 1.88. The van der Waals surface area contributed by atoms with E-state index in [2.05, 4.69) is 10.6 Å². The summed E-state index contributed by atoms with van der Waals surface area (Å²) in [5, 5.41) is 6.03. The summed E-state index contributed by atoms with van der Waals surface area (Å²) in [6, 6.07) is 3.49. The molecule has 7 heteroatoms. The molecule has 0 heterocycles. The lowest BCUT2D eigenvalue weighted by Crippen LogP contribution is -2.33. The summed E-state index contributed by atoms with van der Waals surface area (Å²) in [7, 11) is 4.78. The first-order valence-electron chi connectivity index (χ1n) is 6.84. The van der Waals surface area contributed by atoms with Crippen molar-refractivity contribution in [2.75, 3.05) is 47.6 Å². The molecule has 126 valence electrons. The minimum Gasteiger partial charge on any atom is -0.493 e. The molecule has 0 aromatic heterocycles. The van der Waals surface area contributed by atoms with Crippen LogP contribution in [0.3, 0.4) is 0 Å². The maximum absolute atomic E-state index is 12.2. The van der Waals surface area contributed by atoms with Gasteiger partial charge in [-0.1, -0.05) is 0 Å². The van der Waals surface area contributed by atoms with Crippen LogP contribution in [0.2, 0.25) is 0 Å². The number of aryl methyl sites for hydroxylation is 1. The zero-order valence-electron chi connectivity index (χ0n) is 13.5. The number of halogens is 1. The van der Waals surface area contributed by atoms with Crippen LogP contribution in [0.25, 0.3) is 0 Å². The summed E-state index contributed by atoms with van der Waals surface area (Å²) in [6.07, 6.45) is 0. The maximum Gasteiger partial charge on any atom is 0.251 e. The van der Waals surface area contributed by atoms with E-state index in [4.69, 9.17) is 14.2 Å². The van der Waals surface area contributed by atoms with E-state index in [1.54, 1.807) is 33.5 Å². The van der Waals surface area contributed by atoms with Crippen LogP contribution in [-0.2, 0) is 4.74 Å². The Balaban J connectivity index is 0.00000441. The van der Waals surface area contributed by atoms with Crippen molar-refractivity contribution in [3.05, 3.63) is 23.3 Å². The Kier molecular flexibility index (Phi) is 10.4. The molecule has 0 saturated heterocycles. The van der Waals surface area contributed by atoms with Crippen LogP contribution in [0, 0.1) is 6.92 Å². The number of ether oxygens (including phenoxy) is 3. The Hall–Kier alpha value is -1.50. The third kappa shape index (κ3) is 6.09. The van der Waals surface area contributed by atoms with Crippen molar-refractivity contribution in [3.8, 4) is 11.5 Å². The van der Waals surface area contributed by atoms with E-state index < -0.39 is 0 Å². The zero-order chi connectivity index (χ0) is 15.7. The molecule has 0 fully saturated rings. The normalized spacial score (nSPS) is 9.82. The maximum atomic E-state index is 12.2. The SMILES string of the molecule is COCCNCCNC(=O)c1cc(OC)c(OC)cc1C.Cl. The van der Waals surface area contributed by atoms with Gasteiger partial charge in [-0.2, -0.15) is 0 Å². The molecule has 0 spiro atoms. The molecule has 1 amide bonds. The Labute approximate surface area is 137 Å². The number of rotatable bonds is 9. The van der Waals surface area contributed by atoms with Crippen LogP contribution >= 0.6 is 12.4 Å². The standard InChI is InChI=1S/C15H24N2O4.ClH/c1-11-9-13(20-3)14(21-4)10-12(11)15(18)17-6-5-16-7-8-19-2;/h9-10,16H,5-8H2,1-4H3,(H,17,18);1H. The second-order valence-electron chi connectivity index (χ2n) is 4.52. The monoisotopic (exact) mass is 332 g/mol. The number of hydrogen-bond acceptors (Lipinski definition) is 5. The van der Waals surface area contributed by atoms with E-state index in [1.807, 2.05) is 6.92 Å². The third-order valence-electron chi connectivity index (χ3n) is 3.05. The Morgan fingerprint density at radius 1 is 1.05 bits per heavy atom. The van der Waals surface area contributed by atoms with Crippen LogP contribution in [0.5, 0.6) is 11.5 Å². The number of carbonyl (C=O) groups is 1. The van der Waals surface area contributed by atoms with Crippen LogP contribution in [0.4, 0.5) is 0 Å². The van der Waals surface area contributed by atoms with E-state index in [-0.39, 0.29) is 18.3 Å². The highest BCUT2D eigenvalue weighted by atomic mass is 35.5. The Morgan fingerprint density at radius 2 is 1.68 bits per heavy atom. The highest BCUT2D eigenvalue weighted by Crippen LogP contribution is 2.30. The molecule has 0 aliphatic carbocycles. The average molecular weight is 333 g/mol. The lowest BCUT2D eigenvalue weighted by Gasteiger charge is -2.13. The van der Waals surface area contributed by atoms with Gasteiger partial charge in [0.05, 0.1) is 20.8 Å². The first-order chi connectivity index (χ1) is 10.1. The molecule has 0 bridgehead atoms. The van der Waals surface area contributed by atoms with Gasteiger partial charge in [0.2, 0.25) is 0 Å². The van der Waals surface area contributed by atoms with Gasteiger partial charge >= 0.3 is 0 Å². The first-order valence-corrected chi connectivity index (χ1v) is 6.84. The summed E-state index contributed by atoms with van der Waals surface area (Å²) in [5.41, 5.74) is 1.43. The molecular formula is C15H25ClN2O4. The quantitative estimate of drug-likeness (QED) is 0.669. The summed E-state index contributed by atoms with van der Waals surface area (Å²) in [4.78, 5) is 12.2. The summed E-state index contributed by atoms with van der Waals surface area (Å²) in [5.74, 6) is 1.04. The van der Waals surface area contributed by atoms with Crippen molar-refractivity contribution >= 4 is 18.3 Å².